The molecule has 0 amide bonds. The molecule has 2 aromatic rings. The summed E-state index contributed by atoms with van der Waals surface area (Å²) in [5, 5.41) is 15.2. The summed E-state index contributed by atoms with van der Waals surface area (Å²) in [6, 6.07) is 5.99. The number of benzene rings is 1. The minimum Gasteiger partial charge on any atom is -0.493 e. The van der Waals surface area contributed by atoms with Crippen LogP contribution in [0.1, 0.15) is 18.9 Å². The predicted octanol–water partition coefficient (Wildman–Crippen LogP) is 0.256. The second-order valence-electron chi connectivity index (χ2n) is 5.10. The van der Waals surface area contributed by atoms with Crippen LogP contribution in [-0.4, -0.2) is 47.5 Å². The fourth-order valence-corrected chi connectivity index (χ4v) is 2.61. The van der Waals surface area contributed by atoms with Crippen LogP contribution in [-0.2, 0) is 0 Å². The molecule has 0 aliphatic carbocycles. The first-order chi connectivity index (χ1) is 10.3. The first-order valence-electron chi connectivity index (χ1n) is 7.15. The largest absolute Gasteiger partial charge is 0.493 e. The summed E-state index contributed by atoms with van der Waals surface area (Å²) < 4.78 is 10.5. The van der Waals surface area contributed by atoms with Gasteiger partial charge in [0.25, 0.3) is 0 Å². The van der Waals surface area contributed by atoms with Gasteiger partial charge in [0.05, 0.1) is 33.4 Å². The van der Waals surface area contributed by atoms with Crippen LogP contribution in [0.25, 0.3) is 11.4 Å². The lowest BCUT2D eigenvalue weighted by atomic mass is 10.1. The first-order valence-corrected chi connectivity index (χ1v) is 7.15. The van der Waals surface area contributed by atoms with Gasteiger partial charge in [0.2, 0.25) is 5.82 Å². The molecule has 7 heteroatoms. The highest BCUT2D eigenvalue weighted by molar-refractivity contribution is 5.60. The number of piperidine rings is 1. The standard InChI is InChI=1S/C14H19N5O2/c1-20-12-4-3-10(9-13(12)21-2)14-16-18-19(17-14)11-5-7-15-8-6-11/h3-4,9,11,15H,5-8H2,1-2H3/p+1. The molecule has 0 atom stereocenters. The van der Waals surface area contributed by atoms with E-state index in [9.17, 15) is 0 Å². The number of rotatable bonds is 4. The Balaban J connectivity index is 1.85. The van der Waals surface area contributed by atoms with Gasteiger partial charge >= 0.3 is 0 Å². The number of quaternary nitrogens is 1. The zero-order valence-corrected chi connectivity index (χ0v) is 12.3. The lowest BCUT2D eigenvalue weighted by Crippen LogP contribution is -2.86. The maximum absolute atomic E-state index is 5.31. The van der Waals surface area contributed by atoms with Crippen molar-refractivity contribution < 1.29 is 14.8 Å². The number of nitrogens with zero attached hydrogens (tertiary/aromatic N) is 4. The van der Waals surface area contributed by atoms with Crippen molar-refractivity contribution in [1.29, 1.82) is 0 Å². The van der Waals surface area contributed by atoms with Gasteiger partial charge < -0.3 is 14.8 Å². The summed E-state index contributed by atoms with van der Waals surface area (Å²) in [5.74, 6) is 1.97. The van der Waals surface area contributed by atoms with Crippen molar-refractivity contribution in [1.82, 2.24) is 20.2 Å². The fourth-order valence-electron chi connectivity index (χ4n) is 2.61. The Bertz CT molecular complexity index is 607. The summed E-state index contributed by atoms with van der Waals surface area (Å²) in [7, 11) is 3.23. The maximum Gasteiger partial charge on any atom is 0.205 e. The summed E-state index contributed by atoms with van der Waals surface area (Å²) in [6.07, 6.45) is 2.17. The summed E-state index contributed by atoms with van der Waals surface area (Å²) in [5.41, 5.74) is 0.876. The molecule has 0 radical (unpaired) electrons. The van der Waals surface area contributed by atoms with Crippen molar-refractivity contribution in [3.05, 3.63) is 18.2 Å². The molecular weight excluding hydrogens is 270 g/mol. The number of nitrogens with two attached hydrogens (primary N) is 1. The van der Waals surface area contributed by atoms with Crippen molar-refractivity contribution >= 4 is 0 Å². The fraction of sp³-hybridized carbons (Fsp3) is 0.500. The molecule has 2 N–H and O–H groups in total. The molecule has 7 nitrogen and oxygen atoms in total. The molecule has 0 saturated carbocycles. The van der Waals surface area contributed by atoms with E-state index in [2.05, 4.69) is 20.7 Å². The maximum atomic E-state index is 5.31. The molecule has 1 aromatic heterocycles. The van der Waals surface area contributed by atoms with E-state index in [0.717, 1.165) is 31.5 Å². The van der Waals surface area contributed by atoms with Gasteiger partial charge in [0.15, 0.2) is 11.5 Å². The zero-order valence-electron chi connectivity index (χ0n) is 12.3. The summed E-state index contributed by atoms with van der Waals surface area (Å²) in [6.45, 7) is 2.25. The van der Waals surface area contributed by atoms with Crippen LogP contribution in [0.4, 0.5) is 0 Å². The summed E-state index contributed by atoms with van der Waals surface area (Å²) in [4.78, 5) is 1.75. The van der Waals surface area contributed by atoms with Gasteiger partial charge in [0.1, 0.15) is 0 Å². The van der Waals surface area contributed by atoms with Gasteiger partial charge in [-0.2, -0.15) is 4.80 Å². The van der Waals surface area contributed by atoms with Gasteiger partial charge in [-0.05, 0) is 23.4 Å². The van der Waals surface area contributed by atoms with E-state index in [1.54, 1.807) is 19.0 Å². The molecular formula is C14H20N5O2+. The molecule has 1 aromatic carbocycles. The minimum atomic E-state index is 0.358. The van der Waals surface area contributed by atoms with Crippen molar-refractivity contribution in [2.75, 3.05) is 27.3 Å². The molecule has 0 bridgehead atoms. The molecule has 0 unspecified atom stereocenters. The van der Waals surface area contributed by atoms with Gasteiger partial charge in [-0.3, -0.25) is 0 Å². The lowest BCUT2D eigenvalue weighted by molar-refractivity contribution is -0.664. The van der Waals surface area contributed by atoms with Crippen LogP contribution < -0.4 is 14.8 Å². The summed E-state index contributed by atoms with van der Waals surface area (Å²) >= 11 is 0. The highest BCUT2D eigenvalue weighted by Crippen LogP contribution is 2.31. The van der Waals surface area contributed by atoms with Crippen molar-refractivity contribution in [2.24, 2.45) is 0 Å². The molecule has 1 aliphatic heterocycles. The Hall–Kier alpha value is -2.15. The van der Waals surface area contributed by atoms with Crippen molar-refractivity contribution in [3.8, 4) is 22.9 Å². The highest BCUT2D eigenvalue weighted by Gasteiger charge is 2.20. The first kappa shape index (κ1) is 13.8. The van der Waals surface area contributed by atoms with E-state index in [-0.39, 0.29) is 0 Å². The molecule has 112 valence electrons. The average molecular weight is 290 g/mol. The third-order valence-corrected chi connectivity index (χ3v) is 3.80. The van der Waals surface area contributed by atoms with E-state index in [4.69, 9.17) is 9.47 Å². The van der Waals surface area contributed by atoms with Crippen LogP contribution in [0.2, 0.25) is 0 Å². The number of hydrogen-bond acceptors (Lipinski definition) is 5. The Kier molecular flexibility index (Phi) is 4.01. The smallest absolute Gasteiger partial charge is 0.205 e. The Morgan fingerprint density at radius 2 is 1.90 bits per heavy atom. The van der Waals surface area contributed by atoms with Crippen LogP contribution in [0.15, 0.2) is 18.2 Å². The van der Waals surface area contributed by atoms with Crippen LogP contribution in [0.5, 0.6) is 11.5 Å². The van der Waals surface area contributed by atoms with Gasteiger partial charge in [-0.25, -0.2) is 0 Å². The molecule has 2 heterocycles. The molecule has 1 aliphatic rings. The molecule has 0 spiro atoms. The second-order valence-corrected chi connectivity index (χ2v) is 5.10. The lowest BCUT2D eigenvalue weighted by Gasteiger charge is -2.18. The van der Waals surface area contributed by atoms with Crippen LogP contribution in [0.3, 0.4) is 0 Å². The molecule has 1 fully saturated rings. The molecule has 21 heavy (non-hydrogen) atoms. The second kappa shape index (κ2) is 6.09. The minimum absolute atomic E-state index is 0.358. The van der Waals surface area contributed by atoms with Gasteiger partial charge in [-0.15, -0.1) is 10.2 Å². The zero-order chi connectivity index (χ0) is 14.7. The topological polar surface area (TPSA) is 78.7 Å². The van der Waals surface area contributed by atoms with Crippen molar-refractivity contribution in [3.63, 3.8) is 0 Å². The third-order valence-electron chi connectivity index (χ3n) is 3.80. The third kappa shape index (κ3) is 2.82. The predicted molar refractivity (Wildman–Crippen MR) is 76.3 cm³/mol. The average Bonchev–Trinajstić information content (AvgIpc) is 3.05. The van der Waals surface area contributed by atoms with Gasteiger partial charge in [-0.1, -0.05) is 0 Å². The van der Waals surface area contributed by atoms with Crippen molar-refractivity contribution in [2.45, 2.75) is 18.9 Å². The SMILES string of the molecule is COc1ccc(-c2nnn(C3CC[NH2+]CC3)n2)cc1OC. The van der Waals surface area contributed by atoms with E-state index in [1.807, 2.05) is 18.2 Å². The normalized spacial score (nSPS) is 15.9. The van der Waals surface area contributed by atoms with E-state index in [1.165, 1.54) is 0 Å². The quantitative estimate of drug-likeness (QED) is 0.873. The van der Waals surface area contributed by atoms with E-state index >= 15 is 0 Å². The van der Waals surface area contributed by atoms with Crippen LogP contribution >= 0.6 is 0 Å². The number of aromatic nitrogens is 4. The number of hydrogen-bond donors (Lipinski definition) is 1. The van der Waals surface area contributed by atoms with E-state index < -0.39 is 0 Å². The monoisotopic (exact) mass is 290 g/mol. The Morgan fingerprint density at radius 1 is 1.14 bits per heavy atom. The van der Waals surface area contributed by atoms with Crippen LogP contribution in [0, 0.1) is 0 Å². The highest BCUT2D eigenvalue weighted by atomic mass is 16.5. The molecule has 3 rings (SSSR count). The number of methoxy groups -OCH3 is 2. The van der Waals surface area contributed by atoms with Gasteiger partial charge in [0, 0.05) is 18.4 Å². The Morgan fingerprint density at radius 3 is 2.62 bits per heavy atom. The molecule has 1 saturated heterocycles. The van der Waals surface area contributed by atoms with E-state index in [0.29, 0.717) is 23.4 Å². The number of tetrazole rings is 1. The Labute approximate surface area is 123 Å². The number of ether oxygens (including phenoxy) is 2.